The quantitative estimate of drug-likeness (QED) is 0.737. The van der Waals surface area contributed by atoms with E-state index in [1.165, 1.54) is 21.5 Å². The predicted octanol–water partition coefficient (Wildman–Crippen LogP) is 3.75. The zero-order chi connectivity index (χ0) is 20.2. The second kappa shape index (κ2) is 8.39. The van der Waals surface area contributed by atoms with Crippen molar-refractivity contribution in [2.75, 3.05) is 17.1 Å². The number of nitrogens with zero attached hydrogens (tertiary/aromatic N) is 1. The number of amides is 1. The van der Waals surface area contributed by atoms with Gasteiger partial charge in [-0.25, -0.2) is 8.42 Å². The molecule has 0 spiro atoms. The van der Waals surface area contributed by atoms with Crippen LogP contribution in [0.2, 0.25) is 0 Å². The van der Waals surface area contributed by atoms with E-state index in [2.05, 4.69) is 24.9 Å². The average molecular weight is 387 g/mol. The van der Waals surface area contributed by atoms with Gasteiger partial charge in [0.05, 0.1) is 24.5 Å². The van der Waals surface area contributed by atoms with Gasteiger partial charge in [0.2, 0.25) is 10.0 Å². The zero-order valence-corrected chi connectivity index (χ0v) is 17.0. The number of nitrogens with one attached hydrogen (secondary N) is 1. The molecule has 2 aromatic carbocycles. The summed E-state index contributed by atoms with van der Waals surface area (Å²) < 4.78 is 25.0. The molecule has 1 atom stereocenters. The maximum atomic E-state index is 12.5. The molecule has 27 heavy (non-hydrogen) atoms. The molecule has 0 aromatic heterocycles. The van der Waals surface area contributed by atoms with Crippen molar-refractivity contribution in [2.45, 2.75) is 26.8 Å². The first-order valence-corrected chi connectivity index (χ1v) is 10.5. The van der Waals surface area contributed by atoms with Crippen LogP contribution in [0.5, 0.6) is 0 Å². The van der Waals surface area contributed by atoms with E-state index in [0.29, 0.717) is 11.3 Å². The fourth-order valence-electron chi connectivity index (χ4n) is 2.73. The van der Waals surface area contributed by atoms with Crippen LogP contribution in [0.3, 0.4) is 0 Å². The minimum absolute atomic E-state index is 0.134. The van der Waals surface area contributed by atoms with Gasteiger partial charge in [-0.15, -0.1) is 6.58 Å². The van der Waals surface area contributed by atoms with Crippen LogP contribution in [-0.4, -0.2) is 27.1 Å². The Morgan fingerprint density at radius 3 is 2.30 bits per heavy atom. The summed E-state index contributed by atoms with van der Waals surface area (Å²) in [5.74, 6) is -0.207. The van der Waals surface area contributed by atoms with Crippen molar-refractivity contribution in [3.05, 3.63) is 77.4 Å². The molecule has 2 rings (SSSR count). The van der Waals surface area contributed by atoms with Crippen molar-refractivity contribution >= 4 is 21.6 Å². The zero-order valence-electron chi connectivity index (χ0n) is 16.2. The first-order chi connectivity index (χ1) is 12.6. The van der Waals surface area contributed by atoms with Gasteiger partial charge in [0.1, 0.15) is 0 Å². The second-order valence-electron chi connectivity index (χ2n) is 6.67. The van der Waals surface area contributed by atoms with Crippen LogP contribution in [0.15, 0.2) is 55.1 Å². The lowest BCUT2D eigenvalue weighted by Gasteiger charge is -2.21. The Hall–Kier alpha value is -2.60. The van der Waals surface area contributed by atoms with E-state index in [1.807, 2.05) is 26.0 Å². The summed E-state index contributed by atoms with van der Waals surface area (Å²) in [6.45, 7) is 9.80. The molecule has 1 amide bonds. The van der Waals surface area contributed by atoms with E-state index >= 15 is 0 Å². The molecule has 0 aliphatic rings. The number of carbonyl (C=O) groups excluding carboxylic acids is 1. The number of rotatable bonds is 7. The van der Waals surface area contributed by atoms with Crippen molar-refractivity contribution < 1.29 is 13.2 Å². The normalized spacial score (nSPS) is 12.3. The van der Waals surface area contributed by atoms with Gasteiger partial charge in [-0.05, 0) is 61.7 Å². The monoisotopic (exact) mass is 386 g/mol. The molecule has 144 valence electrons. The van der Waals surface area contributed by atoms with Gasteiger partial charge in [-0.2, -0.15) is 0 Å². The van der Waals surface area contributed by atoms with Crippen LogP contribution >= 0.6 is 0 Å². The van der Waals surface area contributed by atoms with Crippen LogP contribution < -0.4 is 9.62 Å². The fourth-order valence-corrected chi connectivity index (χ4v) is 3.61. The molecule has 0 aliphatic carbocycles. The summed E-state index contributed by atoms with van der Waals surface area (Å²) in [5, 5.41) is 2.98. The highest BCUT2D eigenvalue weighted by Crippen LogP contribution is 2.20. The molecular weight excluding hydrogens is 360 g/mol. The number of hydrogen-bond acceptors (Lipinski definition) is 3. The van der Waals surface area contributed by atoms with Crippen molar-refractivity contribution in [3.63, 3.8) is 0 Å². The molecule has 0 saturated carbocycles. The third-order valence-corrected chi connectivity index (χ3v) is 5.65. The smallest absolute Gasteiger partial charge is 0.251 e. The summed E-state index contributed by atoms with van der Waals surface area (Å²) in [7, 11) is -3.41. The molecule has 0 aliphatic heterocycles. The topological polar surface area (TPSA) is 66.5 Å². The summed E-state index contributed by atoms with van der Waals surface area (Å²) >= 11 is 0. The van der Waals surface area contributed by atoms with Gasteiger partial charge in [0.15, 0.2) is 0 Å². The van der Waals surface area contributed by atoms with Gasteiger partial charge < -0.3 is 5.32 Å². The summed E-state index contributed by atoms with van der Waals surface area (Å²) in [5.41, 5.74) is 4.40. The molecule has 0 bridgehead atoms. The van der Waals surface area contributed by atoms with Gasteiger partial charge in [-0.1, -0.05) is 24.3 Å². The first-order valence-electron chi connectivity index (χ1n) is 8.70. The van der Waals surface area contributed by atoms with E-state index < -0.39 is 10.0 Å². The number of sulfonamides is 1. The minimum atomic E-state index is -3.41. The largest absolute Gasteiger partial charge is 0.346 e. The van der Waals surface area contributed by atoms with E-state index in [0.717, 1.165) is 11.8 Å². The number of hydrogen-bond donors (Lipinski definition) is 1. The van der Waals surface area contributed by atoms with Crippen LogP contribution in [0, 0.1) is 13.8 Å². The molecule has 6 heteroatoms. The van der Waals surface area contributed by atoms with Crippen LogP contribution in [0.1, 0.15) is 40.0 Å². The maximum Gasteiger partial charge on any atom is 0.251 e. The molecule has 0 heterocycles. The summed E-state index contributed by atoms with van der Waals surface area (Å²) in [6.07, 6.45) is 2.66. The van der Waals surface area contributed by atoms with Gasteiger partial charge in [-0.3, -0.25) is 9.10 Å². The Labute approximate surface area is 161 Å². The number of anilines is 1. The molecular formula is C21H26N2O3S. The Balaban J connectivity index is 2.15. The molecule has 0 fully saturated rings. The Kier molecular flexibility index (Phi) is 6.44. The third kappa shape index (κ3) is 5.20. The highest BCUT2D eigenvalue weighted by molar-refractivity contribution is 7.92. The van der Waals surface area contributed by atoms with E-state index in [9.17, 15) is 13.2 Å². The predicted molar refractivity (Wildman–Crippen MR) is 111 cm³/mol. The highest BCUT2D eigenvalue weighted by atomic mass is 32.2. The van der Waals surface area contributed by atoms with Crippen molar-refractivity contribution in [1.82, 2.24) is 5.32 Å². The lowest BCUT2D eigenvalue weighted by Crippen LogP contribution is -2.30. The van der Waals surface area contributed by atoms with Gasteiger partial charge >= 0.3 is 0 Å². The molecule has 5 nitrogen and oxygen atoms in total. The van der Waals surface area contributed by atoms with Crippen molar-refractivity contribution in [2.24, 2.45) is 0 Å². The van der Waals surface area contributed by atoms with Crippen LogP contribution in [0.4, 0.5) is 5.69 Å². The number of benzene rings is 2. The fraction of sp³-hybridized carbons (Fsp3) is 0.286. The lowest BCUT2D eigenvalue weighted by atomic mass is 10.0. The highest BCUT2D eigenvalue weighted by Gasteiger charge is 2.17. The van der Waals surface area contributed by atoms with E-state index in [1.54, 1.807) is 24.3 Å². The summed E-state index contributed by atoms with van der Waals surface area (Å²) in [4.78, 5) is 12.5. The first kappa shape index (κ1) is 20.7. The van der Waals surface area contributed by atoms with Crippen LogP contribution in [0.25, 0.3) is 0 Å². The molecule has 1 N–H and O–H groups in total. The molecule has 0 saturated heterocycles. The van der Waals surface area contributed by atoms with Crippen molar-refractivity contribution in [3.8, 4) is 0 Å². The number of aryl methyl sites for hydroxylation is 2. The lowest BCUT2D eigenvalue weighted by molar-refractivity contribution is 0.0940. The van der Waals surface area contributed by atoms with E-state index in [4.69, 9.17) is 0 Å². The van der Waals surface area contributed by atoms with Gasteiger partial charge in [0.25, 0.3) is 5.91 Å². The SMILES string of the molecule is C=CCN(c1ccc(C(=O)N[C@H](C)c2ccc(C)c(C)c2)cc1)S(C)(=O)=O. The summed E-state index contributed by atoms with van der Waals surface area (Å²) in [6, 6.07) is 12.5. The van der Waals surface area contributed by atoms with Crippen molar-refractivity contribution in [1.29, 1.82) is 0 Å². The third-order valence-electron chi connectivity index (χ3n) is 4.49. The number of carbonyl (C=O) groups is 1. The van der Waals surface area contributed by atoms with E-state index in [-0.39, 0.29) is 18.5 Å². The Morgan fingerprint density at radius 2 is 1.78 bits per heavy atom. The molecule has 2 aromatic rings. The Bertz CT molecular complexity index is 934. The average Bonchev–Trinajstić information content (AvgIpc) is 2.61. The second-order valence-corrected chi connectivity index (χ2v) is 8.58. The maximum absolute atomic E-state index is 12.5. The molecule has 0 radical (unpaired) electrons. The van der Waals surface area contributed by atoms with Gasteiger partial charge in [0, 0.05) is 5.56 Å². The molecule has 0 unspecified atom stereocenters. The standard InChI is InChI=1S/C21H26N2O3S/c1-6-13-23(27(5,25)26)20-11-9-18(10-12-20)21(24)22-17(4)19-8-7-15(2)16(3)14-19/h6-12,14,17H,1,13H2,2-5H3,(H,22,24)/t17-/m1/s1. The van der Waals surface area contributed by atoms with Crippen LogP contribution in [-0.2, 0) is 10.0 Å². The minimum Gasteiger partial charge on any atom is -0.346 e. The Morgan fingerprint density at radius 1 is 1.15 bits per heavy atom.